The summed E-state index contributed by atoms with van der Waals surface area (Å²) in [5.41, 5.74) is 0. The van der Waals surface area contributed by atoms with Gasteiger partial charge in [0.1, 0.15) is 6.04 Å². The number of carbonyl (C=O) groups excluding carboxylic acids is 1. The normalized spacial score (nSPS) is 29.6. The second-order valence-corrected chi connectivity index (χ2v) is 8.18. The van der Waals surface area contributed by atoms with E-state index in [0.29, 0.717) is 45.1 Å². The SMILES string of the molecule is CCCS(=O)(=O)N1CCCC1C(=O)N[C@H]1CC[C@@H](C(=O)O)C1. The van der Waals surface area contributed by atoms with Gasteiger partial charge in [-0.3, -0.25) is 9.59 Å². The van der Waals surface area contributed by atoms with Crippen LogP contribution in [0.3, 0.4) is 0 Å². The van der Waals surface area contributed by atoms with Crippen LogP contribution in [0.2, 0.25) is 0 Å². The number of hydrogen-bond acceptors (Lipinski definition) is 4. The molecule has 3 atom stereocenters. The minimum atomic E-state index is -3.38. The zero-order chi connectivity index (χ0) is 16.3. The molecule has 22 heavy (non-hydrogen) atoms. The quantitative estimate of drug-likeness (QED) is 0.739. The van der Waals surface area contributed by atoms with E-state index in [9.17, 15) is 18.0 Å². The van der Waals surface area contributed by atoms with Crippen LogP contribution in [0.1, 0.15) is 45.4 Å². The van der Waals surface area contributed by atoms with Gasteiger partial charge in [-0.1, -0.05) is 6.92 Å². The topological polar surface area (TPSA) is 104 Å². The van der Waals surface area contributed by atoms with Gasteiger partial charge in [-0.25, -0.2) is 8.42 Å². The average Bonchev–Trinajstić information content (AvgIpc) is 3.07. The maximum Gasteiger partial charge on any atom is 0.306 e. The highest BCUT2D eigenvalue weighted by molar-refractivity contribution is 7.89. The van der Waals surface area contributed by atoms with Gasteiger partial charge in [-0.05, 0) is 38.5 Å². The molecule has 126 valence electrons. The van der Waals surface area contributed by atoms with Crippen molar-refractivity contribution in [3.8, 4) is 0 Å². The van der Waals surface area contributed by atoms with Gasteiger partial charge < -0.3 is 10.4 Å². The molecular formula is C14H24N2O5S. The van der Waals surface area contributed by atoms with E-state index < -0.39 is 28.0 Å². The molecule has 0 aromatic heterocycles. The number of carboxylic acids is 1. The lowest BCUT2D eigenvalue weighted by atomic mass is 10.1. The van der Waals surface area contributed by atoms with Gasteiger partial charge in [0.25, 0.3) is 0 Å². The molecule has 2 fully saturated rings. The highest BCUT2D eigenvalue weighted by Crippen LogP contribution is 2.27. The fraction of sp³-hybridized carbons (Fsp3) is 0.857. The number of rotatable bonds is 6. The minimum absolute atomic E-state index is 0.0568. The zero-order valence-corrected chi connectivity index (χ0v) is 13.6. The van der Waals surface area contributed by atoms with Crippen LogP contribution in [0.4, 0.5) is 0 Å². The molecule has 1 aliphatic carbocycles. The van der Waals surface area contributed by atoms with Crippen molar-refractivity contribution in [2.24, 2.45) is 5.92 Å². The van der Waals surface area contributed by atoms with Crippen LogP contribution >= 0.6 is 0 Å². The Hall–Kier alpha value is -1.15. The van der Waals surface area contributed by atoms with Gasteiger partial charge in [-0.2, -0.15) is 4.31 Å². The molecule has 1 aliphatic heterocycles. The highest BCUT2D eigenvalue weighted by Gasteiger charge is 2.39. The van der Waals surface area contributed by atoms with Gasteiger partial charge in [0, 0.05) is 12.6 Å². The van der Waals surface area contributed by atoms with E-state index in [1.165, 1.54) is 4.31 Å². The second-order valence-electron chi connectivity index (χ2n) is 6.14. The van der Waals surface area contributed by atoms with Crippen molar-refractivity contribution < 1.29 is 23.1 Å². The standard InChI is InChI=1S/C14H24N2O5S/c1-2-8-22(20,21)16-7-3-4-12(16)13(17)15-11-6-5-10(9-11)14(18)19/h10-12H,2-9H2,1H3,(H,15,17)(H,18,19)/t10-,11+,12?/m1/s1. The molecule has 1 saturated heterocycles. The molecule has 8 heteroatoms. The Kier molecular flexibility index (Phi) is 5.44. The summed E-state index contributed by atoms with van der Waals surface area (Å²) in [6.07, 6.45) is 3.36. The molecule has 7 nitrogen and oxygen atoms in total. The average molecular weight is 332 g/mol. The highest BCUT2D eigenvalue weighted by atomic mass is 32.2. The van der Waals surface area contributed by atoms with E-state index in [4.69, 9.17) is 5.11 Å². The molecule has 0 aromatic rings. The molecule has 1 heterocycles. The Bertz CT molecular complexity index is 533. The fourth-order valence-electron chi connectivity index (χ4n) is 3.34. The van der Waals surface area contributed by atoms with E-state index in [1.54, 1.807) is 6.92 Å². The minimum Gasteiger partial charge on any atom is -0.481 e. The Morgan fingerprint density at radius 2 is 2.00 bits per heavy atom. The first-order chi connectivity index (χ1) is 10.3. The molecule has 0 aromatic carbocycles. The summed E-state index contributed by atoms with van der Waals surface area (Å²) in [6.45, 7) is 2.19. The first kappa shape index (κ1) is 17.2. The van der Waals surface area contributed by atoms with E-state index in [-0.39, 0.29) is 17.7 Å². The third-order valence-electron chi connectivity index (χ3n) is 4.45. The predicted octanol–water partition coefficient (Wildman–Crippen LogP) is 0.560. The maximum absolute atomic E-state index is 12.4. The summed E-state index contributed by atoms with van der Waals surface area (Å²) >= 11 is 0. The lowest BCUT2D eigenvalue weighted by Crippen LogP contribution is -2.48. The van der Waals surface area contributed by atoms with Crippen LogP contribution in [-0.4, -0.2) is 54.1 Å². The summed E-state index contributed by atoms with van der Waals surface area (Å²) in [5, 5.41) is 11.8. The molecule has 0 bridgehead atoms. The van der Waals surface area contributed by atoms with Crippen LogP contribution in [0.25, 0.3) is 0 Å². The number of carboxylic acid groups (broad SMARTS) is 1. The smallest absolute Gasteiger partial charge is 0.306 e. The van der Waals surface area contributed by atoms with E-state index >= 15 is 0 Å². The van der Waals surface area contributed by atoms with Crippen molar-refractivity contribution in [3.63, 3.8) is 0 Å². The Morgan fingerprint density at radius 1 is 1.27 bits per heavy atom. The third-order valence-corrected chi connectivity index (χ3v) is 6.53. The lowest BCUT2D eigenvalue weighted by molar-refractivity contribution is -0.141. The third kappa shape index (κ3) is 3.78. The monoisotopic (exact) mass is 332 g/mol. The zero-order valence-electron chi connectivity index (χ0n) is 12.8. The number of hydrogen-bond donors (Lipinski definition) is 2. The molecule has 2 aliphatic rings. The number of nitrogens with one attached hydrogen (secondary N) is 1. The van der Waals surface area contributed by atoms with Crippen LogP contribution in [0.5, 0.6) is 0 Å². The Labute approximate surface area is 131 Å². The van der Waals surface area contributed by atoms with E-state index in [1.807, 2.05) is 0 Å². The lowest BCUT2D eigenvalue weighted by Gasteiger charge is -2.24. The van der Waals surface area contributed by atoms with Crippen LogP contribution in [-0.2, 0) is 19.6 Å². The number of carbonyl (C=O) groups is 2. The van der Waals surface area contributed by atoms with Gasteiger partial charge in [0.15, 0.2) is 0 Å². The van der Waals surface area contributed by atoms with Gasteiger partial charge >= 0.3 is 5.97 Å². The molecule has 1 saturated carbocycles. The predicted molar refractivity (Wildman–Crippen MR) is 80.7 cm³/mol. The van der Waals surface area contributed by atoms with Crippen LogP contribution < -0.4 is 5.32 Å². The molecule has 0 spiro atoms. The first-order valence-corrected chi connectivity index (χ1v) is 9.48. The maximum atomic E-state index is 12.4. The van der Waals surface area contributed by atoms with Crippen molar-refractivity contribution in [1.82, 2.24) is 9.62 Å². The summed E-state index contributed by atoms with van der Waals surface area (Å²) in [5.74, 6) is -1.46. The molecule has 2 rings (SSSR count). The molecule has 2 N–H and O–H groups in total. The van der Waals surface area contributed by atoms with Crippen LogP contribution in [0.15, 0.2) is 0 Å². The van der Waals surface area contributed by atoms with Gasteiger partial charge in [0.05, 0.1) is 11.7 Å². The molecule has 1 unspecified atom stereocenters. The van der Waals surface area contributed by atoms with E-state index in [0.717, 1.165) is 0 Å². The first-order valence-electron chi connectivity index (χ1n) is 7.88. The summed E-state index contributed by atoms with van der Waals surface area (Å²) in [7, 11) is -3.38. The van der Waals surface area contributed by atoms with Crippen molar-refractivity contribution in [2.45, 2.75) is 57.5 Å². The van der Waals surface area contributed by atoms with Crippen molar-refractivity contribution >= 4 is 21.9 Å². The summed E-state index contributed by atoms with van der Waals surface area (Å²) in [4.78, 5) is 23.3. The largest absolute Gasteiger partial charge is 0.481 e. The molecule has 1 amide bonds. The van der Waals surface area contributed by atoms with Gasteiger partial charge in [-0.15, -0.1) is 0 Å². The number of sulfonamides is 1. The summed E-state index contributed by atoms with van der Waals surface area (Å²) < 4.78 is 25.7. The fourth-order valence-corrected chi connectivity index (χ4v) is 5.09. The summed E-state index contributed by atoms with van der Waals surface area (Å²) in [6, 6.07) is -0.801. The Morgan fingerprint density at radius 3 is 2.59 bits per heavy atom. The second kappa shape index (κ2) is 6.95. The Balaban J connectivity index is 1.96. The van der Waals surface area contributed by atoms with Crippen molar-refractivity contribution in [3.05, 3.63) is 0 Å². The van der Waals surface area contributed by atoms with Crippen molar-refractivity contribution in [2.75, 3.05) is 12.3 Å². The number of amides is 1. The number of nitrogens with zero attached hydrogens (tertiary/aromatic N) is 1. The molecule has 0 radical (unpaired) electrons. The van der Waals surface area contributed by atoms with Gasteiger partial charge in [0.2, 0.25) is 15.9 Å². The number of aliphatic carboxylic acids is 1. The van der Waals surface area contributed by atoms with E-state index in [2.05, 4.69) is 5.32 Å². The van der Waals surface area contributed by atoms with Crippen LogP contribution in [0, 0.1) is 5.92 Å². The van der Waals surface area contributed by atoms with Crippen molar-refractivity contribution in [1.29, 1.82) is 0 Å². The molecular weight excluding hydrogens is 308 g/mol.